The highest BCUT2D eigenvalue weighted by molar-refractivity contribution is 5.81. The summed E-state index contributed by atoms with van der Waals surface area (Å²) in [7, 11) is 3.71. The van der Waals surface area contributed by atoms with E-state index in [1.165, 1.54) is 0 Å². The fourth-order valence-electron chi connectivity index (χ4n) is 4.30. The molecule has 0 aromatic heterocycles. The van der Waals surface area contributed by atoms with Gasteiger partial charge in [0.2, 0.25) is 5.91 Å². The van der Waals surface area contributed by atoms with E-state index in [9.17, 15) is 9.59 Å². The van der Waals surface area contributed by atoms with Crippen LogP contribution in [0.25, 0.3) is 0 Å². The van der Waals surface area contributed by atoms with Gasteiger partial charge >= 0.3 is 6.09 Å². The Labute approximate surface area is 173 Å². The first-order valence-electron chi connectivity index (χ1n) is 10.7. The molecule has 0 aliphatic carbocycles. The number of carbonyl (C=O) groups is 2. The van der Waals surface area contributed by atoms with Crippen LogP contribution in [-0.2, 0) is 19.0 Å². The van der Waals surface area contributed by atoms with Crippen LogP contribution in [-0.4, -0.2) is 130 Å². The number of carbonyl (C=O) groups excluding carboxylic acids is 2. The molecule has 3 rings (SSSR count). The van der Waals surface area contributed by atoms with Crippen LogP contribution in [0.2, 0.25) is 0 Å². The second-order valence-corrected chi connectivity index (χ2v) is 8.42. The summed E-state index contributed by atoms with van der Waals surface area (Å²) in [4.78, 5) is 33.3. The van der Waals surface area contributed by atoms with Crippen LogP contribution < -0.4 is 0 Å². The topological polar surface area (TPSA) is 74.8 Å². The molecular formula is C20H36N4O5. The quantitative estimate of drug-likeness (QED) is 0.560. The van der Waals surface area contributed by atoms with Crippen molar-refractivity contribution in [1.29, 1.82) is 0 Å². The molecule has 2 amide bonds. The number of hydrogen-bond acceptors (Lipinski definition) is 7. The maximum absolute atomic E-state index is 12.9. The Bertz CT molecular complexity index is 561. The highest BCUT2D eigenvalue weighted by Gasteiger charge is 2.47. The number of likely N-dealkylation sites (N-methyl/N-ethyl adjacent to an activating group) is 1. The van der Waals surface area contributed by atoms with E-state index < -0.39 is 5.60 Å². The van der Waals surface area contributed by atoms with Crippen molar-refractivity contribution in [3.63, 3.8) is 0 Å². The first-order valence-corrected chi connectivity index (χ1v) is 10.7. The molecule has 9 heteroatoms. The fraction of sp³-hybridized carbons (Fsp3) is 0.900. The third-order valence-electron chi connectivity index (χ3n) is 6.41. The summed E-state index contributed by atoms with van der Waals surface area (Å²) >= 11 is 0. The zero-order valence-electron chi connectivity index (χ0n) is 18.1. The van der Waals surface area contributed by atoms with E-state index in [0.717, 1.165) is 26.2 Å². The van der Waals surface area contributed by atoms with Gasteiger partial charge in [-0.05, 0) is 14.0 Å². The highest BCUT2D eigenvalue weighted by Crippen LogP contribution is 2.33. The van der Waals surface area contributed by atoms with Gasteiger partial charge in [-0.1, -0.05) is 0 Å². The van der Waals surface area contributed by atoms with Crippen molar-refractivity contribution in [1.82, 2.24) is 19.6 Å². The predicted octanol–water partition coefficient (Wildman–Crippen LogP) is 0.0987. The molecule has 3 fully saturated rings. The van der Waals surface area contributed by atoms with Gasteiger partial charge in [0.05, 0.1) is 32.4 Å². The molecule has 3 aliphatic heterocycles. The van der Waals surface area contributed by atoms with Gasteiger partial charge in [-0.15, -0.1) is 0 Å². The van der Waals surface area contributed by atoms with Gasteiger partial charge in [0.25, 0.3) is 0 Å². The zero-order chi connectivity index (χ0) is 20.9. The van der Waals surface area contributed by atoms with Gasteiger partial charge in [-0.25, -0.2) is 4.79 Å². The summed E-state index contributed by atoms with van der Waals surface area (Å²) < 4.78 is 16.3. The molecule has 29 heavy (non-hydrogen) atoms. The Morgan fingerprint density at radius 2 is 1.90 bits per heavy atom. The van der Waals surface area contributed by atoms with E-state index in [-0.39, 0.29) is 18.0 Å². The van der Waals surface area contributed by atoms with Crippen molar-refractivity contribution in [2.75, 3.05) is 86.3 Å². The van der Waals surface area contributed by atoms with Gasteiger partial charge in [0.15, 0.2) is 0 Å². The standard InChI is InChI=1S/C20H36N4O5/c1-17(22-11-14-28-15-12-22)18(25)23-6-4-20(5-7-23)16-24(19(26)29-20)9-8-21(2)10-13-27-3/h17H,4-16H2,1-3H3/t17-/m1/s1. The van der Waals surface area contributed by atoms with Crippen molar-refractivity contribution in [3.8, 4) is 0 Å². The van der Waals surface area contributed by atoms with Gasteiger partial charge in [-0.2, -0.15) is 0 Å². The number of morpholine rings is 1. The van der Waals surface area contributed by atoms with Crippen molar-refractivity contribution in [2.45, 2.75) is 31.4 Å². The molecule has 0 unspecified atom stereocenters. The second kappa shape index (κ2) is 10.1. The summed E-state index contributed by atoms with van der Waals surface area (Å²) in [5, 5.41) is 0. The van der Waals surface area contributed by atoms with Crippen LogP contribution in [0.3, 0.4) is 0 Å². The van der Waals surface area contributed by atoms with E-state index >= 15 is 0 Å². The summed E-state index contributed by atoms with van der Waals surface area (Å²) in [6.45, 7) is 9.81. The Kier molecular flexibility index (Phi) is 7.72. The lowest BCUT2D eigenvalue weighted by molar-refractivity contribution is -0.141. The minimum Gasteiger partial charge on any atom is -0.441 e. The molecule has 0 saturated carbocycles. The predicted molar refractivity (Wildman–Crippen MR) is 108 cm³/mol. The van der Waals surface area contributed by atoms with Gasteiger partial charge in [-0.3, -0.25) is 9.69 Å². The minimum absolute atomic E-state index is 0.127. The molecule has 3 saturated heterocycles. The molecule has 9 nitrogen and oxygen atoms in total. The van der Waals surface area contributed by atoms with Crippen LogP contribution in [0.5, 0.6) is 0 Å². The second-order valence-electron chi connectivity index (χ2n) is 8.42. The molecular weight excluding hydrogens is 376 g/mol. The van der Waals surface area contributed by atoms with Crippen molar-refractivity contribution < 1.29 is 23.8 Å². The molecule has 0 aromatic carbocycles. The SMILES string of the molecule is COCCN(C)CCN1CC2(CCN(C(=O)[C@@H](C)N3CCOCC3)CC2)OC1=O. The van der Waals surface area contributed by atoms with Gasteiger partial charge < -0.3 is 28.9 Å². The number of nitrogens with zero attached hydrogens (tertiary/aromatic N) is 4. The lowest BCUT2D eigenvalue weighted by atomic mass is 9.91. The van der Waals surface area contributed by atoms with Crippen LogP contribution in [0, 0.1) is 0 Å². The van der Waals surface area contributed by atoms with Crippen molar-refractivity contribution >= 4 is 12.0 Å². The third-order valence-corrected chi connectivity index (χ3v) is 6.41. The molecule has 1 spiro atoms. The Balaban J connectivity index is 1.45. The number of piperidine rings is 1. The van der Waals surface area contributed by atoms with Crippen LogP contribution in [0.1, 0.15) is 19.8 Å². The molecule has 3 heterocycles. The Morgan fingerprint density at radius 3 is 2.55 bits per heavy atom. The number of rotatable bonds is 8. The largest absolute Gasteiger partial charge is 0.441 e. The Morgan fingerprint density at radius 1 is 1.21 bits per heavy atom. The summed E-state index contributed by atoms with van der Waals surface area (Å²) in [5.74, 6) is 0.169. The van der Waals surface area contributed by atoms with E-state index in [1.54, 1.807) is 12.0 Å². The van der Waals surface area contributed by atoms with Gasteiger partial charge in [0, 0.05) is 65.8 Å². The smallest absolute Gasteiger partial charge is 0.410 e. The number of likely N-dealkylation sites (tertiary alicyclic amines) is 1. The average Bonchev–Trinajstić information content (AvgIpc) is 3.05. The van der Waals surface area contributed by atoms with E-state index in [0.29, 0.717) is 58.8 Å². The number of amides is 2. The van der Waals surface area contributed by atoms with E-state index in [1.807, 2.05) is 18.9 Å². The fourth-order valence-corrected chi connectivity index (χ4v) is 4.30. The first kappa shape index (κ1) is 22.3. The molecule has 0 aromatic rings. The maximum atomic E-state index is 12.9. The monoisotopic (exact) mass is 412 g/mol. The van der Waals surface area contributed by atoms with E-state index in [4.69, 9.17) is 14.2 Å². The summed E-state index contributed by atoms with van der Waals surface area (Å²) in [6, 6.07) is -0.127. The van der Waals surface area contributed by atoms with Crippen LogP contribution >= 0.6 is 0 Å². The lowest BCUT2D eigenvalue weighted by Crippen LogP contribution is -2.55. The van der Waals surface area contributed by atoms with Crippen molar-refractivity contribution in [3.05, 3.63) is 0 Å². The van der Waals surface area contributed by atoms with Crippen LogP contribution in [0.4, 0.5) is 4.79 Å². The zero-order valence-corrected chi connectivity index (χ0v) is 18.1. The lowest BCUT2D eigenvalue weighted by Gasteiger charge is -2.40. The number of ether oxygens (including phenoxy) is 3. The minimum atomic E-state index is -0.443. The van der Waals surface area contributed by atoms with Gasteiger partial charge in [0.1, 0.15) is 5.60 Å². The average molecular weight is 413 g/mol. The number of methoxy groups -OCH3 is 1. The Hall–Kier alpha value is -1.42. The molecule has 0 bridgehead atoms. The first-order chi connectivity index (χ1) is 13.9. The molecule has 0 radical (unpaired) electrons. The molecule has 3 aliphatic rings. The van der Waals surface area contributed by atoms with E-state index in [2.05, 4.69) is 9.80 Å². The molecule has 166 valence electrons. The summed E-state index contributed by atoms with van der Waals surface area (Å²) in [6.07, 6.45) is 1.18. The molecule has 0 N–H and O–H groups in total. The highest BCUT2D eigenvalue weighted by atomic mass is 16.6. The summed E-state index contributed by atoms with van der Waals surface area (Å²) in [5.41, 5.74) is -0.443. The molecule has 1 atom stereocenters. The number of hydrogen-bond donors (Lipinski definition) is 0. The van der Waals surface area contributed by atoms with Crippen LogP contribution in [0.15, 0.2) is 0 Å². The third kappa shape index (κ3) is 5.59. The van der Waals surface area contributed by atoms with Crippen molar-refractivity contribution in [2.24, 2.45) is 0 Å². The normalized spacial score (nSPS) is 23.7. The maximum Gasteiger partial charge on any atom is 0.410 e.